The maximum Gasteiger partial charge on any atom is 0.272 e. The Morgan fingerprint density at radius 2 is 1.73 bits per heavy atom. The average Bonchev–Trinajstić information content (AvgIpc) is 3.03. The molecule has 2 amide bonds. The minimum absolute atomic E-state index is 0.00628. The van der Waals surface area contributed by atoms with Crippen LogP contribution in [0.15, 0.2) is 36.4 Å². The number of carbonyl (C=O) groups is 2. The maximum absolute atomic E-state index is 13.1. The van der Waals surface area contributed by atoms with Crippen LogP contribution in [0.3, 0.4) is 0 Å². The number of fused-ring (bicyclic) bond motifs is 1. The van der Waals surface area contributed by atoms with E-state index in [4.69, 9.17) is 5.10 Å². The Kier molecular flexibility index (Phi) is 5.79. The van der Waals surface area contributed by atoms with E-state index >= 15 is 0 Å². The zero-order valence-corrected chi connectivity index (χ0v) is 17.5. The molecule has 7 heteroatoms. The first kappa shape index (κ1) is 20.1. The maximum atomic E-state index is 13.1. The first-order chi connectivity index (χ1) is 14.6. The Morgan fingerprint density at radius 1 is 1.03 bits per heavy atom. The number of benzene rings is 1. The molecule has 156 valence electrons. The van der Waals surface area contributed by atoms with Crippen molar-refractivity contribution in [3.05, 3.63) is 53.3 Å². The first-order valence-corrected chi connectivity index (χ1v) is 10.6. The number of rotatable bonds is 4. The summed E-state index contributed by atoms with van der Waals surface area (Å²) in [4.78, 5) is 31.4. The van der Waals surface area contributed by atoms with Crippen molar-refractivity contribution in [2.45, 2.75) is 39.0 Å². The van der Waals surface area contributed by atoms with Gasteiger partial charge in [0.2, 0.25) is 0 Å². The summed E-state index contributed by atoms with van der Waals surface area (Å²) in [5.41, 5.74) is 4.37. The average molecular weight is 406 g/mol. The number of carbonyl (C=O) groups excluding carboxylic acids is 2. The molecule has 4 rings (SSSR count). The summed E-state index contributed by atoms with van der Waals surface area (Å²) in [6.45, 7) is 3.65. The highest BCUT2D eigenvalue weighted by molar-refractivity contribution is 5.94. The standard InChI is InChI=1S/C23H27N5O2/c1-3-18-14-20(23(30)27-12-6-4-5-7-13-27)25-21-15-19(26-28(18)21)16-8-10-17(11-9-16)22(29)24-2/h8-11,14-15H,3-7,12-13H2,1-2H3,(H,24,29). The summed E-state index contributed by atoms with van der Waals surface area (Å²) in [6, 6.07) is 11.1. The highest BCUT2D eigenvalue weighted by Gasteiger charge is 2.21. The van der Waals surface area contributed by atoms with E-state index in [0.717, 1.165) is 49.3 Å². The van der Waals surface area contributed by atoms with E-state index in [1.807, 2.05) is 29.2 Å². The van der Waals surface area contributed by atoms with Gasteiger partial charge < -0.3 is 10.2 Å². The predicted octanol–water partition coefficient (Wildman–Crippen LogP) is 3.33. The third-order valence-corrected chi connectivity index (χ3v) is 5.65. The van der Waals surface area contributed by atoms with E-state index in [2.05, 4.69) is 17.2 Å². The van der Waals surface area contributed by atoms with Crippen LogP contribution in [0.5, 0.6) is 0 Å². The molecule has 1 saturated heterocycles. The molecule has 0 saturated carbocycles. The van der Waals surface area contributed by atoms with Gasteiger partial charge in [0.1, 0.15) is 5.69 Å². The molecule has 1 N–H and O–H groups in total. The Balaban J connectivity index is 1.68. The van der Waals surface area contributed by atoms with Crippen LogP contribution < -0.4 is 5.32 Å². The van der Waals surface area contributed by atoms with Gasteiger partial charge in [-0.25, -0.2) is 9.50 Å². The van der Waals surface area contributed by atoms with Crippen molar-refractivity contribution >= 4 is 17.5 Å². The summed E-state index contributed by atoms with van der Waals surface area (Å²) in [7, 11) is 1.61. The molecule has 2 aromatic heterocycles. The van der Waals surface area contributed by atoms with Gasteiger partial charge in [0, 0.05) is 43.0 Å². The monoisotopic (exact) mass is 405 g/mol. The molecule has 3 aromatic rings. The molecule has 1 fully saturated rings. The summed E-state index contributed by atoms with van der Waals surface area (Å²) in [5.74, 6) is -0.116. The van der Waals surface area contributed by atoms with Gasteiger partial charge in [-0.05, 0) is 37.5 Å². The molecule has 1 aliphatic heterocycles. The van der Waals surface area contributed by atoms with Gasteiger partial charge in [-0.1, -0.05) is 31.9 Å². The minimum Gasteiger partial charge on any atom is -0.355 e. The van der Waals surface area contributed by atoms with Gasteiger partial charge in [0.25, 0.3) is 11.8 Å². The molecule has 0 bridgehead atoms. The number of hydrogen-bond acceptors (Lipinski definition) is 4. The molecule has 0 radical (unpaired) electrons. The lowest BCUT2D eigenvalue weighted by Crippen LogP contribution is -2.32. The second kappa shape index (κ2) is 8.65. The number of nitrogens with one attached hydrogen (secondary N) is 1. The lowest BCUT2D eigenvalue weighted by Gasteiger charge is -2.20. The van der Waals surface area contributed by atoms with E-state index in [9.17, 15) is 9.59 Å². The van der Waals surface area contributed by atoms with Gasteiger partial charge in [0.05, 0.1) is 5.69 Å². The third kappa shape index (κ3) is 3.92. The van der Waals surface area contributed by atoms with Crippen molar-refractivity contribution < 1.29 is 9.59 Å². The third-order valence-electron chi connectivity index (χ3n) is 5.65. The quantitative estimate of drug-likeness (QED) is 0.722. The van der Waals surface area contributed by atoms with Gasteiger partial charge in [-0.3, -0.25) is 9.59 Å². The highest BCUT2D eigenvalue weighted by atomic mass is 16.2. The van der Waals surface area contributed by atoms with Crippen molar-refractivity contribution in [3.8, 4) is 11.3 Å². The molecular weight excluding hydrogens is 378 g/mol. The molecule has 0 atom stereocenters. The van der Waals surface area contributed by atoms with Crippen LogP contribution in [0.1, 0.15) is 59.1 Å². The van der Waals surface area contributed by atoms with E-state index in [1.54, 1.807) is 23.7 Å². The molecule has 3 heterocycles. The fourth-order valence-corrected chi connectivity index (χ4v) is 3.91. The Labute approximate surface area is 176 Å². The lowest BCUT2D eigenvalue weighted by molar-refractivity contribution is 0.0755. The summed E-state index contributed by atoms with van der Waals surface area (Å²) in [5, 5.41) is 7.33. The van der Waals surface area contributed by atoms with Crippen LogP contribution in [-0.4, -0.2) is 51.4 Å². The van der Waals surface area contributed by atoms with Crippen LogP contribution in [0, 0.1) is 0 Å². The topological polar surface area (TPSA) is 79.6 Å². The predicted molar refractivity (Wildman–Crippen MR) is 116 cm³/mol. The summed E-state index contributed by atoms with van der Waals surface area (Å²) >= 11 is 0. The van der Waals surface area contributed by atoms with Crippen LogP contribution in [0.2, 0.25) is 0 Å². The van der Waals surface area contributed by atoms with Gasteiger partial charge in [-0.2, -0.15) is 5.10 Å². The molecule has 7 nitrogen and oxygen atoms in total. The van der Waals surface area contributed by atoms with Crippen molar-refractivity contribution in [2.75, 3.05) is 20.1 Å². The van der Waals surface area contributed by atoms with Crippen molar-refractivity contribution in [2.24, 2.45) is 0 Å². The molecule has 0 aliphatic carbocycles. The SMILES string of the molecule is CCc1cc(C(=O)N2CCCCCC2)nc2cc(-c3ccc(C(=O)NC)cc3)nn12. The van der Waals surface area contributed by atoms with Crippen molar-refractivity contribution in [1.82, 2.24) is 24.8 Å². The van der Waals surface area contributed by atoms with Crippen LogP contribution in [0.4, 0.5) is 0 Å². The van der Waals surface area contributed by atoms with Crippen LogP contribution >= 0.6 is 0 Å². The number of aryl methyl sites for hydroxylation is 1. The normalized spacial score (nSPS) is 14.5. The summed E-state index contributed by atoms with van der Waals surface area (Å²) in [6.07, 6.45) is 5.22. The molecular formula is C23H27N5O2. The van der Waals surface area contributed by atoms with Gasteiger partial charge in [0.15, 0.2) is 5.65 Å². The number of likely N-dealkylation sites (tertiary alicyclic amines) is 1. The molecule has 30 heavy (non-hydrogen) atoms. The van der Waals surface area contributed by atoms with E-state index in [-0.39, 0.29) is 11.8 Å². The van der Waals surface area contributed by atoms with E-state index < -0.39 is 0 Å². The van der Waals surface area contributed by atoms with Crippen LogP contribution in [-0.2, 0) is 6.42 Å². The van der Waals surface area contributed by atoms with Crippen molar-refractivity contribution in [3.63, 3.8) is 0 Å². The van der Waals surface area contributed by atoms with Crippen LogP contribution in [0.25, 0.3) is 16.9 Å². The zero-order chi connectivity index (χ0) is 21.1. The van der Waals surface area contributed by atoms with E-state index in [1.165, 1.54) is 12.8 Å². The second-order valence-electron chi connectivity index (χ2n) is 7.65. The smallest absolute Gasteiger partial charge is 0.272 e. The van der Waals surface area contributed by atoms with E-state index in [0.29, 0.717) is 16.9 Å². The second-order valence-corrected chi connectivity index (χ2v) is 7.65. The van der Waals surface area contributed by atoms with Gasteiger partial charge in [-0.15, -0.1) is 0 Å². The molecule has 0 spiro atoms. The Bertz CT molecular complexity index is 1060. The fraction of sp³-hybridized carbons (Fsp3) is 0.391. The number of nitrogens with zero attached hydrogens (tertiary/aromatic N) is 4. The number of amides is 2. The Morgan fingerprint density at radius 3 is 2.37 bits per heavy atom. The fourth-order valence-electron chi connectivity index (χ4n) is 3.91. The molecule has 1 aromatic carbocycles. The first-order valence-electron chi connectivity index (χ1n) is 10.6. The number of hydrogen-bond donors (Lipinski definition) is 1. The highest BCUT2D eigenvalue weighted by Crippen LogP contribution is 2.22. The van der Waals surface area contributed by atoms with Crippen molar-refractivity contribution in [1.29, 1.82) is 0 Å². The number of aromatic nitrogens is 3. The largest absolute Gasteiger partial charge is 0.355 e. The molecule has 1 aliphatic rings. The lowest BCUT2D eigenvalue weighted by atomic mass is 10.1. The summed E-state index contributed by atoms with van der Waals surface area (Å²) < 4.78 is 1.81. The Hall–Kier alpha value is -3.22. The minimum atomic E-state index is -0.122. The zero-order valence-electron chi connectivity index (χ0n) is 17.5. The van der Waals surface area contributed by atoms with Gasteiger partial charge >= 0.3 is 0 Å². The molecule has 0 unspecified atom stereocenters.